The Hall–Kier alpha value is -0.120. The Bertz CT molecular complexity index is 201. The van der Waals surface area contributed by atoms with Crippen LogP contribution in [0.3, 0.4) is 0 Å². The molecule has 0 bridgehead atoms. The standard InChI is InChI=1S/C13H27N3/c1-12-5-4-6-13(11-14)16(12)10-9-15-7-2-3-8-15/h12-13H,2-11,14H2,1H3. The minimum Gasteiger partial charge on any atom is -0.329 e. The summed E-state index contributed by atoms with van der Waals surface area (Å²) < 4.78 is 0. The average molecular weight is 225 g/mol. The van der Waals surface area contributed by atoms with Gasteiger partial charge in [-0.25, -0.2) is 0 Å². The first-order valence-electron chi connectivity index (χ1n) is 6.99. The van der Waals surface area contributed by atoms with E-state index in [0.29, 0.717) is 6.04 Å². The summed E-state index contributed by atoms with van der Waals surface area (Å²) in [6.07, 6.45) is 6.83. The van der Waals surface area contributed by atoms with E-state index in [2.05, 4.69) is 16.7 Å². The fourth-order valence-electron chi connectivity index (χ4n) is 3.26. The first-order chi connectivity index (χ1) is 7.81. The van der Waals surface area contributed by atoms with E-state index >= 15 is 0 Å². The Balaban J connectivity index is 1.79. The molecule has 0 aromatic heterocycles. The first-order valence-corrected chi connectivity index (χ1v) is 6.99. The molecule has 2 saturated heterocycles. The highest BCUT2D eigenvalue weighted by Crippen LogP contribution is 2.22. The third-order valence-electron chi connectivity index (χ3n) is 4.34. The van der Waals surface area contributed by atoms with Crippen molar-refractivity contribution in [3.63, 3.8) is 0 Å². The molecule has 3 nitrogen and oxygen atoms in total. The van der Waals surface area contributed by atoms with Gasteiger partial charge in [0.2, 0.25) is 0 Å². The number of likely N-dealkylation sites (tertiary alicyclic amines) is 2. The lowest BCUT2D eigenvalue weighted by Gasteiger charge is -2.41. The highest BCUT2D eigenvalue weighted by atomic mass is 15.2. The topological polar surface area (TPSA) is 32.5 Å². The summed E-state index contributed by atoms with van der Waals surface area (Å²) in [6, 6.07) is 1.39. The quantitative estimate of drug-likeness (QED) is 0.782. The Morgan fingerprint density at radius 2 is 1.81 bits per heavy atom. The molecule has 0 amide bonds. The Morgan fingerprint density at radius 1 is 1.06 bits per heavy atom. The summed E-state index contributed by atoms with van der Waals surface area (Å²) in [5, 5.41) is 0. The van der Waals surface area contributed by atoms with Gasteiger partial charge >= 0.3 is 0 Å². The van der Waals surface area contributed by atoms with Gasteiger partial charge in [-0.15, -0.1) is 0 Å². The smallest absolute Gasteiger partial charge is 0.0221 e. The fraction of sp³-hybridized carbons (Fsp3) is 1.00. The molecule has 2 aliphatic heterocycles. The maximum Gasteiger partial charge on any atom is 0.0221 e. The van der Waals surface area contributed by atoms with Gasteiger partial charge in [-0.05, 0) is 45.7 Å². The zero-order valence-electron chi connectivity index (χ0n) is 10.7. The summed E-state index contributed by atoms with van der Waals surface area (Å²) in [4.78, 5) is 5.26. The summed E-state index contributed by atoms with van der Waals surface area (Å²) >= 11 is 0. The highest BCUT2D eigenvalue weighted by molar-refractivity contribution is 4.83. The summed E-state index contributed by atoms with van der Waals surface area (Å²) in [5.41, 5.74) is 5.88. The molecular weight excluding hydrogens is 198 g/mol. The van der Waals surface area contributed by atoms with Gasteiger partial charge in [0.1, 0.15) is 0 Å². The third kappa shape index (κ3) is 2.96. The van der Waals surface area contributed by atoms with Gasteiger partial charge in [0.05, 0.1) is 0 Å². The van der Waals surface area contributed by atoms with Gasteiger partial charge in [0.15, 0.2) is 0 Å². The van der Waals surface area contributed by atoms with Crippen molar-refractivity contribution in [3.8, 4) is 0 Å². The predicted molar refractivity (Wildman–Crippen MR) is 68.5 cm³/mol. The van der Waals surface area contributed by atoms with E-state index < -0.39 is 0 Å². The van der Waals surface area contributed by atoms with E-state index in [1.54, 1.807) is 0 Å². The van der Waals surface area contributed by atoms with Crippen molar-refractivity contribution in [2.75, 3.05) is 32.7 Å². The maximum absolute atomic E-state index is 5.88. The normalized spacial score (nSPS) is 33.4. The van der Waals surface area contributed by atoms with Gasteiger partial charge in [-0.1, -0.05) is 6.42 Å². The van der Waals surface area contributed by atoms with Gasteiger partial charge in [-0.3, -0.25) is 4.90 Å². The van der Waals surface area contributed by atoms with Crippen molar-refractivity contribution in [2.24, 2.45) is 5.73 Å². The van der Waals surface area contributed by atoms with Crippen molar-refractivity contribution in [1.82, 2.24) is 9.80 Å². The van der Waals surface area contributed by atoms with Crippen molar-refractivity contribution in [2.45, 2.75) is 51.1 Å². The first kappa shape index (κ1) is 12.3. The van der Waals surface area contributed by atoms with Crippen LogP contribution in [0.15, 0.2) is 0 Å². The van der Waals surface area contributed by atoms with Gasteiger partial charge in [-0.2, -0.15) is 0 Å². The molecule has 16 heavy (non-hydrogen) atoms. The predicted octanol–water partition coefficient (Wildman–Crippen LogP) is 1.28. The molecule has 2 heterocycles. The second-order valence-corrected chi connectivity index (χ2v) is 5.46. The van der Waals surface area contributed by atoms with Crippen LogP contribution < -0.4 is 5.73 Å². The lowest BCUT2D eigenvalue weighted by molar-refractivity contribution is 0.0860. The molecule has 2 N–H and O–H groups in total. The minimum atomic E-state index is 0.645. The van der Waals surface area contributed by atoms with E-state index in [1.165, 1.54) is 58.3 Å². The molecular formula is C13H27N3. The molecule has 2 rings (SSSR count). The van der Waals surface area contributed by atoms with E-state index in [-0.39, 0.29) is 0 Å². The van der Waals surface area contributed by atoms with Crippen LogP contribution in [-0.4, -0.2) is 54.6 Å². The number of rotatable bonds is 4. The summed E-state index contributed by atoms with van der Waals surface area (Å²) in [5.74, 6) is 0. The van der Waals surface area contributed by atoms with E-state index in [4.69, 9.17) is 5.73 Å². The molecule has 2 unspecified atom stereocenters. The lowest BCUT2D eigenvalue weighted by atomic mass is 9.96. The molecule has 0 radical (unpaired) electrons. The van der Waals surface area contributed by atoms with E-state index in [9.17, 15) is 0 Å². The minimum absolute atomic E-state index is 0.645. The average Bonchev–Trinajstić information content (AvgIpc) is 2.80. The van der Waals surface area contributed by atoms with Crippen molar-refractivity contribution in [1.29, 1.82) is 0 Å². The number of piperidine rings is 1. The SMILES string of the molecule is CC1CCCC(CN)N1CCN1CCCC1. The van der Waals surface area contributed by atoms with Gasteiger partial charge in [0.25, 0.3) is 0 Å². The monoisotopic (exact) mass is 225 g/mol. The number of nitrogens with two attached hydrogens (primary N) is 1. The maximum atomic E-state index is 5.88. The third-order valence-corrected chi connectivity index (χ3v) is 4.34. The molecule has 2 aliphatic rings. The fourth-order valence-corrected chi connectivity index (χ4v) is 3.26. The van der Waals surface area contributed by atoms with Crippen LogP contribution in [0.25, 0.3) is 0 Å². The molecule has 94 valence electrons. The molecule has 2 fully saturated rings. The van der Waals surface area contributed by atoms with Crippen LogP contribution in [0.2, 0.25) is 0 Å². The van der Waals surface area contributed by atoms with Gasteiger partial charge < -0.3 is 10.6 Å². The molecule has 3 heteroatoms. The van der Waals surface area contributed by atoms with Crippen molar-refractivity contribution < 1.29 is 0 Å². The van der Waals surface area contributed by atoms with Crippen molar-refractivity contribution >= 4 is 0 Å². The van der Waals surface area contributed by atoms with Crippen LogP contribution in [0.1, 0.15) is 39.0 Å². The summed E-state index contributed by atoms with van der Waals surface area (Å²) in [7, 11) is 0. The van der Waals surface area contributed by atoms with Crippen LogP contribution in [0.4, 0.5) is 0 Å². The van der Waals surface area contributed by atoms with E-state index in [1.807, 2.05) is 0 Å². The second kappa shape index (κ2) is 5.99. The van der Waals surface area contributed by atoms with Crippen molar-refractivity contribution in [3.05, 3.63) is 0 Å². The zero-order chi connectivity index (χ0) is 11.4. The molecule has 0 saturated carbocycles. The zero-order valence-corrected chi connectivity index (χ0v) is 10.7. The molecule has 0 aliphatic carbocycles. The molecule has 0 spiro atoms. The largest absolute Gasteiger partial charge is 0.329 e. The Morgan fingerprint density at radius 3 is 2.50 bits per heavy atom. The Kier molecular flexibility index (Phi) is 4.62. The number of nitrogens with zero attached hydrogens (tertiary/aromatic N) is 2. The lowest BCUT2D eigenvalue weighted by Crippen LogP contribution is -2.51. The number of hydrogen-bond donors (Lipinski definition) is 1. The highest BCUT2D eigenvalue weighted by Gasteiger charge is 2.27. The summed E-state index contributed by atoms with van der Waals surface area (Å²) in [6.45, 7) is 8.31. The van der Waals surface area contributed by atoms with Crippen LogP contribution in [0.5, 0.6) is 0 Å². The van der Waals surface area contributed by atoms with Gasteiger partial charge in [0, 0.05) is 31.7 Å². The second-order valence-electron chi connectivity index (χ2n) is 5.46. The molecule has 0 aromatic rings. The van der Waals surface area contributed by atoms with Crippen LogP contribution in [0, 0.1) is 0 Å². The van der Waals surface area contributed by atoms with Crippen LogP contribution >= 0.6 is 0 Å². The number of hydrogen-bond acceptors (Lipinski definition) is 3. The molecule has 2 atom stereocenters. The van der Waals surface area contributed by atoms with Crippen LogP contribution in [-0.2, 0) is 0 Å². The Labute approximate surface area is 100.0 Å². The molecule has 0 aromatic carbocycles. The van der Waals surface area contributed by atoms with E-state index in [0.717, 1.165) is 12.6 Å².